The van der Waals surface area contributed by atoms with Gasteiger partial charge in [0.2, 0.25) is 0 Å². The maximum atomic E-state index is 12.9. The highest BCUT2D eigenvalue weighted by molar-refractivity contribution is 7.99. The zero-order valence-electron chi connectivity index (χ0n) is 15.0. The highest BCUT2D eigenvalue weighted by Gasteiger charge is 2.16. The molecule has 2 heterocycles. The third-order valence-electron chi connectivity index (χ3n) is 4.07. The number of carbonyl (C=O) groups is 1. The van der Waals surface area contributed by atoms with Crippen molar-refractivity contribution < 1.29 is 13.6 Å². The van der Waals surface area contributed by atoms with Crippen LogP contribution in [0, 0.1) is 12.7 Å². The number of benzene rings is 1. The zero-order chi connectivity index (χ0) is 19.2. The molecule has 0 unspecified atom stereocenters. The van der Waals surface area contributed by atoms with Crippen molar-refractivity contribution in [2.45, 2.75) is 31.5 Å². The normalized spacial score (nSPS) is 10.9. The summed E-state index contributed by atoms with van der Waals surface area (Å²) in [5.74, 6) is 1.93. The number of nitrogens with zero attached hydrogens (tertiary/aromatic N) is 3. The maximum absolute atomic E-state index is 12.9. The lowest BCUT2D eigenvalue weighted by molar-refractivity contribution is 0.0982. The van der Waals surface area contributed by atoms with Gasteiger partial charge < -0.3 is 4.42 Å². The number of halogens is 1. The van der Waals surface area contributed by atoms with Gasteiger partial charge in [0, 0.05) is 24.3 Å². The quantitative estimate of drug-likeness (QED) is 0.226. The van der Waals surface area contributed by atoms with Crippen LogP contribution in [0.1, 0.15) is 29.0 Å². The predicted octanol–water partition coefficient (Wildman–Crippen LogP) is 4.93. The Kier molecular flexibility index (Phi) is 6.24. The highest BCUT2D eigenvalue weighted by atomic mass is 32.2. The molecule has 7 heteroatoms. The van der Waals surface area contributed by atoms with Gasteiger partial charge in [0.05, 0.1) is 11.8 Å². The van der Waals surface area contributed by atoms with Gasteiger partial charge in [0.25, 0.3) is 0 Å². The molecular formula is C20H20FN3O2S. The lowest BCUT2D eigenvalue weighted by atomic mass is 10.1. The molecule has 0 radical (unpaired) electrons. The Morgan fingerprint density at radius 2 is 2.07 bits per heavy atom. The van der Waals surface area contributed by atoms with E-state index < -0.39 is 0 Å². The fourth-order valence-electron chi connectivity index (χ4n) is 2.68. The van der Waals surface area contributed by atoms with Crippen molar-refractivity contribution in [3.63, 3.8) is 0 Å². The average Bonchev–Trinajstić information content (AvgIpc) is 3.25. The van der Waals surface area contributed by atoms with Gasteiger partial charge in [-0.1, -0.05) is 17.8 Å². The van der Waals surface area contributed by atoms with Gasteiger partial charge in [0.1, 0.15) is 11.6 Å². The van der Waals surface area contributed by atoms with Crippen LogP contribution in [0.5, 0.6) is 0 Å². The van der Waals surface area contributed by atoms with Gasteiger partial charge in [-0.25, -0.2) is 4.39 Å². The molecule has 1 aromatic carbocycles. The molecule has 0 atom stereocenters. The summed E-state index contributed by atoms with van der Waals surface area (Å²) >= 11 is 1.55. The van der Waals surface area contributed by atoms with E-state index in [0.717, 1.165) is 28.1 Å². The second-order valence-corrected chi connectivity index (χ2v) is 7.04. The van der Waals surface area contributed by atoms with E-state index in [4.69, 9.17) is 4.42 Å². The molecule has 3 aromatic rings. The molecule has 0 aliphatic heterocycles. The minimum absolute atomic E-state index is 0.0119. The van der Waals surface area contributed by atoms with Crippen molar-refractivity contribution in [3.8, 4) is 11.4 Å². The van der Waals surface area contributed by atoms with Crippen LogP contribution in [0.2, 0.25) is 0 Å². The first kappa shape index (κ1) is 19.1. The van der Waals surface area contributed by atoms with Gasteiger partial charge >= 0.3 is 0 Å². The number of Topliss-reactive ketones (excluding diaryl/α,β-unsaturated/α-hetero) is 1. The Bertz CT molecular complexity index is 931. The second-order valence-electron chi connectivity index (χ2n) is 5.98. The largest absolute Gasteiger partial charge is 0.469 e. The molecule has 140 valence electrons. The summed E-state index contributed by atoms with van der Waals surface area (Å²) in [7, 11) is 0. The fourth-order valence-corrected chi connectivity index (χ4v) is 3.57. The summed E-state index contributed by atoms with van der Waals surface area (Å²) in [5.41, 5.74) is 1.44. The number of thioether (sulfide) groups is 1. The van der Waals surface area contributed by atoms with Crippen molar-refractivity contribution in [2.24, 2.45) is 0 Å². The molecule has 0 saturated carbocycles. The van der Waals surface area contributed by atoms with Gasteiger partial charge in [-0.2, -0.15) is 0 Å². The number of hydrogen-bond acceptors (Lipinski definition) is 5. The molecule has 0 amide bonds. The van der Waals surface area contributed by atoms with Crippen LogP contribution in [0.25, 0.3) is 11.4 Å². The second kappa shape index (κ2) is 8.81. The first-order chi connectivity index (χ1) is 13.1. The molecule has 0 aliphatic rings. The Morgan fingerprint density at radius 1 is 1.30 bits per heavy atom. The summed E-state index contributed by atoms with van der Waals surface area (Å²) in [6.07, 6.45) is 4.53. The molecule has 0 N–H and O–H groups in total. The summed E-state index contributed by atoms with van der Waals surface area (Å²) in [4.78, 5) is 12.1. The van der Waals surface area contributed by atoms with E-state index in [9.17, 15) is 9.18 Å². The first-order valence-electron chi connectivity index (χ1n) is 8.60. The molecule has 0 aliphatic carbocycles. The van der Waals surface area contributed by atoms with Gasteiger partial charge in [-0.3, -0.25) is 9.36 Å². The number of rotatable bonds is 9. The number of carbonyl (C=O) groups excluding carboxylic acids is 1. The predicted molar refractivity (Wildman–Crippen MR) is 103 cm³/mol. The van der Waals surface area contributed by atoms with Crippen LogP contribution in [0.15, 0.2) is 58.8 Å². The minimum atomic E-state index is -0.340. The monoisotopic (exact) mass is 385 g/mol. The van der Waals surface area contributed by atoms with E-state index in [1.54, 1.807) is 24.1 Å². The topological polar surface area (TPSA) is 60.9 Å². The summed E-state index contributed by atoms with van der Waals surface area (Å²) in [6.45, 7) is 6.27. The van der Waals surface area contributed by atoms with Crippen molar-refractivity contribution in [1.82, 2.24) is 14.8 Å². The van der Waals surface area contributed by atoms with E-state index in [0.29, 0.717) is 24.9 Å². The van der Waals surface area contributed by atoms with E-state index in [1.807, 2.05) is 17.6 Å². The lowest BCUT2D eigenvalue weighted by Gasteiger charge is -2.07. The van der Waals surface area contributed by atoms with Crippen molar-refractivity contribution in [2.75, 3.05) is 5.75 Å². The standard InChI is InChI=1S/C20H20FN3O2S/c1-3-11-24-19(17-10-12-26-14(17)2)22-23-20(24)27-13-4-5-18(25)15-6-8-16(21)9-7-15/h3,6-10,12H,1,4-5,11,13H2,2H3. The van der Waals surface area contributed by atoms with E-state index in [2.05, 4.69) is 16.8 Å². The van der Waals surface area contributed by atoms with Crippen LogP contribution in [0.4, 0.5) is 4.39 Å². The average molecular weight is 385 g/mol. The van der Waals surface area contributed by atoms with Crippen LogP contribution >= 0.6 is 11.8 Å². The van der Waals surface area contributed by atoms with Crippen LogP contribution in [-0.4, -0.2) is 26.3 Å². The third kappa shape index (κ3) is 4.54. The van der Waals surface area contributed by atoms with Crippen molar-refractivity contribution in [3.05, 3.63) is 66.4 Å². The summed E-state index contributed by atoms with van der Waals surface area (Å²) < 4.78 is 20.3. The maximum Gasteiger partial charge on any atom is 0.191 e. The number of furan rings is 1. The molecule has 27 heavy (non-hydrogen) atoms. The third-order valence-corrected chi connectivity index (χ3v) is 5.13. The number of ketones is 1. The summed E-state index contributed by atoms with van der Waals surface area (Å²) in [6, 6.07) is 7.52. The smallest absolute Gasteiger partial charge is 0.191 e. The van der Waals surface area contributed by atoms with Gasteiger partial charge in [-0.15, -0.1) is 16.8 Å². The molecule has 3 rings (SSSR count). The van der Waals surface area contributed by atoms with Crippen LogP contribution < -0.4 is 0 Å². The molecule has 5 nitrogen and oxygen atoms in total. The Hall–Kier alpha value is -2.67. The first-order valence-corrected chi connectivity index (χ1v) is 9.59. The Balaban J connectivity index is 1.60. The van der Waals surface area contributed by atoms with E-state index in [-0.39, 0.29) is 11.6 Å². The fraction of sp³-hybridized carbons (Fsp3) is 0.250. The van der Waals surface area contributed by atoms with Crippen LogP contribution in [-0.2, 0) is 6.54 Å². The van der Waals surface area contributed by atoms with E-state index >= 15 is 0 Å². The van der Waals surface area contributed by atoms with Crippen molar-refractivity contribution >= 4 is 17.5 Å². The molecule has 2 aromatic heterocycles. The summed E-state index contributed by atoms with van der Waals surface area (Å²) in [5, 5.41) is 9.34. The van der Waals surface area contributed by atoms with Crippen molar-refractivity contribution in [1.29, 1.82) is 0 Å². The Labute approximate surface area is 161 Å². The SMILES string of the molecule is C=CCn1c(SCCCC(=O)c2ccc(F)cc2)nnc1-c1ccoc1C. The number of aryl methyl sites for hydroxylation is 1. The minimum Gasteiger partial charge on any atom is -0.469 e. The molecule has 0 saturated heterocycles. The molecule has 0 bridgehead atoms. The number of allylic oxidation sites excluding steroid dienone is 1. The zero-order valence-corrected chi connectivity index (χ0v) is 15.8. The highest BCUT2D eigenvalue weighted by Crippen LogP contribution is 2.27. The lowest BCUT2D eigenvalue weighted by Crippen LogP contribution is -2.02. The number of hydrogen-bond donors (Lipinski definition) is 0. The van der Waals surface area contributed by atoms with Crippen LogP contribution in [0.3, 0.4) is 0 Å². The Morgan fingerprint density at radius 3 is 2.74 bits per heavy atom. The molecule has 0 fully saturated rings. The van der Waals surface area contributed by atoms with Gasteiger partial charge in [0.15, 0.2) is 16.8 Å². The molecular weight excluding hydrogens is 365 g/mol. The molecule has 0 spiro atoms. The van der Waals surface area contributed by atoms with Gasteiger partial charge in [-0.05, 0) is 43.7 Å². The van der Waals surface area contributed by atoms with E-state index in [1.165, 1.54) is 24.3 Å². The number of aromatic nitrogens is 3.